The van der Waals surface area contributed by atoms with Crippen LogP contribution in [0.2, 0.25) is 0 Å². The van der Waals surface area contributed by atoms with Crippen molar-refractivity contribution in [2.75, 3.05) is 6.54 Å². The van der Waals surface area contributed by atoms with Gasteiger partial charge in [0, 0.05) is 23.0 Å². The first-order chi connectivity index (χ1) is 12.6. The first-order valence-corrected chi connectivity index (χ1v) is 10.5. The van der Waals surface area contributed by atoms with Crippen molar-refractivity contribution < 1.29 is 4.58 Å². The van der Waals surface area contributed by atoms with Crippen LogP contribution in [0.3, 0.4) is 0 Å². The topological polar surface area (TPSA) is 3.01 Å². The fraction of sp³-hybridized carbons (Fsp3) is 0.375. The van der Waals surface area contributed by atoms with E-state index in [2.05, 4.69) is 101 Å². The standard InChI is InChI=1S/C24H27BrN/c1-18-24(2,15-7-12-19-8-3-4-9-19)22-16-21(25)13-14-23(22)26(18)17-20-10-5-6-11-20/h3-6,8-11,13-14,16,19-20H,7,12,15,17H2,1-2H3/q+1. The molecule has 1 aromatic rings. The van der Waals surface area contributed by atoms with Crippen molar-refractivity contribution in [1.29, 1.82) is 0 Å². The highest BCUT2D eigenvalue weighted by molar-refractivity contribution is 9.10. The van der Waals surface area contributed by atoms with Gasteiger partial charge in [-0.2, -0.15) is 4.58 Å². The molecule has 1 atom stereocenters. The van der Waals surface area contributed by atoms with Crippen molar-refractivity contribution in [1.82, 2.24) is 0 Å². The van der Waals surface area contributed by atoms with Crippen LogP contribution in [-0.4, -0.2) is 16.8 Å². The van der Waals surface area contributed by atoms with E-state index in [-0.39, 0.29) is 5.41 Å². The van der Waals surface area contributed by atoms with Gasteiger partial charge >= 0.3 is 0 Å². The molecule has 0 amide bonds. The minimum atomic E-state index is 0.122. The lowest BCUT2D eigenvalue weighted by Gasteiger charge is -2.23. The van der Waals surface area contributed by atoms with Gasteiger partial charge in [-0.3, -0.25) is 0 Å². The van der Waals surface area contributed by atoms with E-state index in [4.69, 9.17) is 0 Å². The fourth-order valence-corrected chi connectivity index (χ4v) is 4.94. The highest BCUT2D eigenvalue weighted by Crippen LogP contribution is 2.44. The summed E-state index contributed by atoms with van der Waals surface area (Å²) in [5, 5.41) is 0. The van der Waals surface area contributed by atoms with Crippen LogP contribution in [0, 0.1) is 11.8 Å². The summed E-state index contributed by atoms with van der Waals surface area (Å²) in [5.74, 6) is 1.14. The SMILES string of the molecule is CC1=[N+](CC2C=CC=C2)c2ccc(Br)cc2C1(C)CCCC1C=CC=C1. The third-order valence-corrected chi connectivity index (χ3v) is 6.80. The molecule has 3 aliphatic rings. The molecule has 2 heteroatoms. The summed E-state index contributed by atoms with van der Waals surface area (Å²) in [4.78, 5) is 0. The van der Waals surface area contributed by atoms with E-state index in [1.54, 1.807) is 0 Å². The van der Waals surface area contributed by atoms with Gasteiger partial charge in [0.25, 0.3) is 0 Å². The molecular formula is C24H27BrN+. The van der Waals surface area contributed by atoms with Crippen molar-refractivity contribution >= 4 is 27.3 Å². The number of hydrogen-bond donors (Lipinski definition) is 0. The normalized spacial score (nSPS) is 24.4. The van der Waals surface area contributed by atoms with Gasteiger partial charge in [0.05, 0.1) is 11.3 Å². The van der Waals surface area contributed by atoms with Gasteiger partial charge in [0.1, 0.15) is 0 Å². The predicted molar refractivity (Wildman–Crippen MR) is 114 cm³/mol. The van der Waals surface area contributed by atoms with Crippen molar-refractivity contribution in [2.24, 2.45) is 11.8 Å². The zero-order valence-electron chi connectivity index (χ0n) is 15.7. The lowest BCUT2D eigenvalue weighted by Crippen LogP contribution is -2.31. The fourth-order valence-electron chi connectivity index (χ4n) is 4.58. The molecule has 0 fully saturated rings. The van der Waals surface area contributed by atoms with E-state index in [1.165, 1.54) is 40.7 Å². The quantitative estimate of drug-likeness (QED) is 0.473. The molecule has 26 heavy (non-hydrogen) atoms. The third-order valence-electron chi connectivity index (χ3n) is 6.31. The second-order valence-corrected chi connectivity index (χ2v) is 8.86. The maximum absolute atomic E-state index is 3.70. The van der Waals surface area contributed by atoms with Gasteiger partial charge in [0.15, 0.2) is 12.3 Å². The Hall–Kier alpha value is -1.67. The Balaban J connectivity index is 1.61. The van der Waals surface area contributed by atoms with Crippen LogP contribution in [0.4, 0.5) is 5.69 Å². The smallest absolute Gasteiger partial charge is 0.198 e. The molecule has 2 aliphatic carbocycles. The predicted octanol–water partition coefficient (Wildman–Crippen LogP) is 6.48. The second kappa shape index (κ2) is 7.15. The average molecular weight is 409 g/mol. The third kappa shape index (κ3) is 3.20. The number of rotatable bonds is 6. The molecule has 1 nitrogen and oxygen atoms in total. The zero-order chi connectivity index (χ0) is 18.1. The zero-order valence-corrected chi connectivity index (χ0v) is 17.2. The van der Waals surface area contributed by atoms with Gasteiger partial charge in [-0.05, 0) is 37.8 Å². The minimum absolute atomic E-state index is 0.122. The van der Waals surface area contributed by atoms with Gasteiger partial charge in [-0.25, -0.2) is 0 Å². The molecule has 1 aliphatic heterocycles. The summed E-state index contributed by atoms with van der Waals surface area (Å²) >= 11 is 3.70. The Kier molecular flexibility index (Phi) is 4.88. The Morgan fingerprint density at radius 2 is 1.65 bits per heavy atom. The molecular weight excluding hydrogens is 382 g/mol. The summed E-state index contributed by atoms with van der Waals surface area (Å²) < 4.78 is 3.74. The monoisotopic (exact) mass is 408 g/mol. The van der Waals surface area contributed by atoms with Crippen LogP contribution in [0.15, 0.2) is 71.3 Å². The molecule has 0 N–H and O–H groups in total. The van der Waals surface area contributed by atoms with Crippen LogP contribution >= 0.6 is 15.9 Å². The van der Waals surface area contributed by atoms with Crippen LogP contribution < -0.4 is 0 Å². The molecule has 0 saturated heterocycles. The molecule has 1 heterocycles. The van der Waals surface area contributed by atoms with E-state index < -0.39 is 0 Å². The molecule has 0 spiro atoms. The Morgan fingerprint density at radius 1 is 1.00 bits per heavy atom. The molecule has 4 rings (SSSR count). The average Bonchev–Trinajstić information content (AvgIpc) is 3.35. The number of nitrogens with zero attached hydrogens (tertiary/aromatic N) is 1. The summed E-state index contributed by atoms with van der Waals surface area (Å²) in [6.07, 6.45) is 21.6. The van der Waals surface area contributed by atoms with Gasteiger partial charge in [-0.1, -0.05) is 71.0 Å². The Labute approximate surface area is 165 Å². The van der Waals surface area contributed by atoms with E-state index in [9.17, 15) is 0 Å². The van der Waals surface area contributed by atoms with Crippen LogP contribution in [0.5, 0.6) is 0 Å². The number of allylic oxidation sites excluding steroid dienone is 6. The molecule has 0 bridgehead atoms. The molecule has 0 radical (unpaired) electrons. The number of halogens is 1. The van der Waals surface area contributed by atoms with Crippen molar-refractivity contribution in [2.45, 2.75) is 38.5 Å². The second-order valence-electron chi connectivity index (χ2n) is 7.95. The molecule has 134 valence electrons. The largest absolute Gasteiger partial charge is 0.209 e. The van der Waals surface area contributed by atoms with E-state index in [0.29, 0.717) is 11.8 Å². The van der Waals surface area contributed by atoms with Gasteiger partial charge in [-0.15, -0.1) is 0 Å². The van der Waals surface area contributed by atoms with Gasteiger partial charge < -0.3 is 0 Å². The van der Waals surface area contributed by atoms with Crippen molar-refractivity contribution in [3.63, 3.8) is 0 Å². The van der Waals surface area contributed by atoms with Crippen molar-refractivity contribution in [3.05, 3.63) is 76.8 Å². The first-order valence-electron chi connectivity index (χ1n) is 9.69. The molecule has 1 unspecified atom stereocenters. The van der Waals surface area contributed by atoms with Crippen LogP contribution in [0.25, 0.3) is 0 Å². The summed E-state index contributed by atoms with van der Waals surface area (Å²) in [6, 6.07) is 6.81. The minimum Gasteiger partial charge on any atom is -0.198 e. The summed E-state index contributed by atoms with van der Waals surface area (Å²) in [7, 11) is 0. The molecule has 0 aromatic heterocycles. The number of hydrogen-bond acceptors (Lipinski definition) is 0. The Morgan fingerprint density at radius 3 is 2.35 bits per heavy atom. The first kappa shape index (κ1) is 17.7. The maximum Gasteiger partial charge on any atom is 0.209 e. The van der Waals surface area contributed by atoms with E-state index in [0.717, 1.165) is 6.54 Å². The maximum atomic E-state index is 3.70. The molecule has 0 saturated carbocycles. The number of fused-ring (bicyclic) bond motifs is 1. The summed E-state index contributed by atoms with van der Waals surface area (Å²) in [5.41, 5.74) is 4.49. The highest BCUT2D eigenvalue weighted by Gasteiger charge is 2.46. The van der Waals surface area contributed by atoms with E-state index in [1.807, 2.05) is 0 Å². The lowest BCUT2D eigenvalue weighted by atomic mass is 9.75. The highest BCUT2D eigenvalue weighted by atomic mass is 79.9. The van der Waals surface area contributed by atoms with Crippen LogP contribution in [-0.2, 0) is 5.41 Å². The van der Waals surface area contributed by atoms with E-state index >= 15 is 0 Å². The summed E-state index contributed by atoms with van der Waals surface area (Å²) in [6.45, 7) is 5.82. The lowest BCUT2D eigenvalue weighted by molar-refractivity contribution is -0.443. The Bertz CT molecular complexity index is 831. The van der Waals surface area contributed by atoms with Gasteiger partial charge in [0.2, 0.25) is 5.69 Å². The van der Waals surface area contributed by atoms with Crippen LogP contribution in [0.1, 0.15) is 38.7 Å². The van der Waals surface area contributed by atoms with Crippen molar-refractivity contribution in [3.8, 4) is 0 Å². The number of benzene rings is 1. The molecule has 1 aromatic carbocycles.